The molecule has 6 nitrogen and oxygen atoms in total. The van der Waals surface area contributed by atoms with Crippen LogP contribution in [0.4, 0.5) is 4.39 Å². The monoisotopic (exact) mass is 417 g/mol. The first-order valence-electron chi connectivity index (χ1n) is 9.84. The lowest BCUT2D eigenvalue weighted by Gasteiger charge is -2.36. The summed E-state index contributed by atoms with van der Waals surface area (Å²) in [7, 11) is 0. The van der Waals surface area contributed by atoms with E-state index in [0.717, 1.165) is 18.0 Å². The number of ether oxygens (including phenoxy) is 1. The van der Waals surface area contributed by atoms with Gasteiger partial charge in [-0.3, -0.25) is 14.5 Å². The van der Waals surface area contributed by atoms with E-state index < -0.39 is 0 Å². The zero-order chi connectivity index (χ0) is 20.2. The van der Waals surface area contributed by atoms with Gasteiger partial charge in [0.25, 0.3) is 5.91 Å². The van der Waals surface area contributed by atoms with Crippen molar-refractivity contribution in [1.29, 1.82) is 0 Å². The van der Waals surface area contributed by atoms with Crippen molar-refractivity contribution < 1.29 is 18.7 Å². The Balaban J connectivity index is 1.32. The van der Waals surface area contributed by atoms with Crippen molar-refractivity contribution in [2.75, 3.05) is 59.0 Å². The van der Waals surface area contributed by atoms with E-state index in [9.17, 15) is 14.0 Å². The Morgan fingerprint density at radius 1 is 0.931 bits per heavy atom. The summed E-state index contributed by atoms with van der Waals surface area (Å²) in [5, 5.41) is 0. The minimum absolute atomic E-state index is 0.0575. The lowest BCUT2D eigenvalue weighted by atomic mass is 10.2. The molecule has 0 aliphatic carbocycles. The van der Waals surface area contributed by atoms with E-state index in [-0.39, 0.29) is 17.6 Å². The van der Waals surface area contributed by atoms with Crippen LogP contribution >= 0.6 is 11.3 Å². The van der Waals surface area contributed by atoms with Crippen LogP contribution in [0, 0.1) is 5.82 Å². The van der Waals surface area contributed by atoms with Gasteiger partial charge in [-0.25, -0.2) is 4.39 Å². The molecule has 29 heavy (non-hydrogen) atoms. The first-order chi connectivity index (χ1) is 14.1. The fraction of sp³-hybridized carbons (Fsp3) is 0.429. The smallest absolute Gasteiger partial charge is 0.264 e. The molecule has 2 aliphatic heterocycles. The normalized spacial score (nSPS) is 18.1. The lowest BCUT2D eigenvalue weighted by molar-refractivity contribution is -0.134. The average molecular weight is 418 g/mol. The number of morpholine rings is 1. The Labute approximate surface area is 173 Å². The summed E-state index contributed by atoms with van der Waals surface area (Å²) in [6.45, 7) is 5.44. The Morgan fingerprint density at radius 2 is 1.62 bits per heavy atom. The van der Waals surface area contributed by atoms with Gasteiger partial charge in [0, 0.05) is 49.7 Å². The third-order valence-corrected chi connectivity index (χ3v) is 6.44. The van der Waals surface area contributed by atoms with Crippen LogP contribution in [0.2, 0.25) is 0 Å². The molecule has 0 bridgehead atoms. The number of nitrogens with zero attached hydrogens (tertiary/aromatic N) is 3. The third-order valence-electron chi connectivity index (χ3n) is 5.34. The van der Waals surface area contributed by atoms with Gasteiger partial charge in [-0.2, -0.15) is 0 Å². The summed E-state index contributed by atoms with van der Waals surface area (Å²) >= 11 is 1.30. The molecule has 3 heterocycles. The zero-order valence-corrected chi connectivity index (χ0v) is 17.0. The fourth-order valence-electron chi connectivity index (χ4n) is 3.62. The topological polar surface area (TPSA) is 53.1 Å². The maximum absolute atomic E-state index is 14.0. The number of hydrogen-bond acceptors (Lipinski definition) is 5. The molecular weight excluding hydrogens is 393 g/mol. The number of hydrogen-bond donors (Lipinski definition) is 0. The predicted octanol–water partition coefficient (Wildman–Crippen LogP) is 2.17. The van der Waals surface area contributed by atoms with Gasteiger partial charge >= 0.3 is 0 Å². The molecular formula is C21H24FN3O3S. The van der Waals surface area contributed by atoms with E-state index in [0.29, 0.717) is 56.4 Å². The fourth-order valence-corrected chi connectivity index (χ4v) is 4.62. The summed E-state index contributed by atoms with van der Waals surface area (Å²) in [6, 6.07) is 10.1. The van der Waals surface area contributed by atoms with E-state index in [4.69, 9.17) is 4.74 Å². The molecule has 2 aliphatic rings. The van der Waals surface area contributed by atoms with Gasteiger partial charge in [0.15, 0.2) is 0 Å². The standard InChI is InChI=1S/C21H24FN3O3S/c22-17-4-2-1-3-16(17)18-5-6-19(29-18)21(27)25-9-7-24(8-10-25)20(26)15-23-11-13-28-14-12-23/h1-6H,7-15H2. The molecule has 0 radical (unpaired) electrons. The zero-order valence-electron chi connectivity index (χ0n) is 16.2. The Bertz CT molecular complexity index is 874. The van der Waals surface area contributed by atoms with Crippen LogP contribution in [0.25, 0.3) is 10.4 Å². The van der Waals surface area contributed by atoms with Crippen LogP contribution in [-0.4, -0.2) is 85.5 Å². The van der Waals surface area contributed by atoms with E-state index >= 15 is 0 Å². The highest BCUT2D eigenvalue weighted by molar-refractivity contribution is 7.17. The second-order valence-corrected chi connectivity index (χ2v) is 8.29. The van der Waals surface area contributed by atoms with E-state index in [1.807, 2.05) is 4.90 Å². The minimum Gasteiger partial charge on any atom is -0.379 e. The molecule has 0 unspecified atom stereocenters. The molecule has 2 fully saturated rings. The Kier molecular flexibility index (Phi) is 6.22. The molecule has 2 saturated heterocycles. The maximum atomic E-state index is 14.0. The molecule has 0 N–H and O–H groups in total. The molecule has 0 saturated carbocycles. The molecule has 1 aromatic carbocycles. The third kappa shape index (κ3) is 4.66. The van der Waals surface area contributed by atoms with Crippen molar-refractivity contribution in [3.63, 3.8) is 0 Å². The highest BCUT2D eigenvalue weighted by Gasteiger charge is 2.27. The van der Waals surface area contributed by atoms with Crippen LogP contribution in [0.1, 0.15) is 9.67 Å². The Hall–Kier alpha value is -2.29. The largest absolute Gasteiger partial charge is 0.379 e. The van der Waals surface area contributed by atoms with Gasteiger partial charge in [-0.15, -0.1) is 11.3 Å². The van der Waals surface area contributed by atoms with Crippen molar-refractivity contribution in [1.82, 2.24) is 14.7 Å². The second kappa shape index (κ2) is 9.02. The van der Waals surface area contributed by atoms with Crippen LogP contribution in [0.5, 0.6) is 0 Å². The van der Waals surface area contributed by atoms with Crippen LogP contribution in [-0.2, 0) is 9.53 Å². The highest BCUT2D eigenvalue weighted by Crippen LogP contribution is 2.30. The summed E-state index contributed by atoms with van der Waals surface area (Å²) in [4.78, 5) is 32.4. The van der Waals surface area contributed by atoms with Crippen LogP contribution in [0.15, 0.2) is 36.4 Å². The number of thiophene rings is 1. The Morgan fingerprint density at radius 3 is 2.34 bits per heavy atom. The predicted molar refractivity (Wildman–Crippen MR) is 109 cm³/mol. The molecule has 0 atom stereocenters. The van der Waals surface area contributed by atoms with Gasteiger partial charge in [0.2, 0.25) is 5.91 Å². The first kappa shape index (κ1) is 20.0. The molecule has 1 aromatic heterocycles. The average Bonchev–Trinajstić information content (AvgIpc) is 3.24. The number of rotatable bonds is 4. The van der Waals surface area contributed by atoms with Crippen molar-refractivity contribution in [2.45, 2.75) is 0 Å². The van der Waals surface area contributed by atoms with Crippen LogP contribution < -0.4 is 0 Å². The van der Waals surface area contributed by atoms with Gasteiger partial charge in [-0.05, 0) is 18.2 Å². The number of benzene rings is 1. The number of carbonyl (C=O) groups excluding carboxylic acids is 2. The summed E-state index contributed by atoms with van der Waals surface area (Å²) in [5.74, 6) is -0.240. The van der Waals surface area contributed by atoms with Crippen molar-refractivity contribution in [3.8, 4) is 10.4 Å². The molecule has 4 rings (SSSR count). The lowest BCUT2D eigenvalue weighted by Crippen LogP contribution is -2.53. The van der Waals surface area contributed by atoms with Gasteiger partial charge in [0.05, 0.1) is 24.6 Å². The molecule has 154 valence electrons. The summed E-state index contributed by atoms with van der Waals surface area (Å²) in [6.07, 6.45) is 0. The second-order valence-electron chi connectivity index (χ2n) is 7.21. The van der Waals surface area contributed by atoms with Gasteiger partial charge in [0.1, 0.15) is 5.82 Å². The minimum atomic E-state index is -0.291. The SMILES string of the molecule is O=C(CN1CCOCC1)N1CCN(C(=O)c2ccc(-c3ccccc3F)s2)CC1. The quantitative estimate of drug-likeness (QED) is 0.765. The van der Waals surface area contributed by atoms with Gasteiger partial charge < -0.3 is 14.5 Å². The number of amides is 2. The number of piperazine rings is 1. The molecule has 2 amide bonds. The highest BCUT2D eigenvalue weighted by atomic mass is 32.1. The first-order valence-corrected chi connectivity index (χ1v) is 10.7. The van der Waals surface area contributed by atoms with Gasteiger partial charge in [-0.1, -0.05) is 18.2 Å². The molecule has 8 heteroatoms. The van der Waals surface area contributed by atoms with Crippen molar-refractivity contribution in [3.05, 3.63) is 47.1 Å². The summed E-state index contributed by atoms with van der Waals surface area (Å²) < 4.78 is 19.3. The maximum Gasteiger partial charge on any atom is 0.264 e. The summed E-state index contributed by atoms with van der Waals surface area (Å²) in [5.41, 5.74) is 0.509. The van der Waals surface area contributed by atoms with Crippen LogP contribution in [0.3, 0.4) is 0 Å². The van der Waals surface area contributed by atoms with Crippen molar-refractivity contribution >= 4 is 23.2 Å². The van der Waals surface area contributed by atoms with E-state index in [1.54, 1.807) is 35.2 Å². The van der Waals surface area contributed by atoms with E-state index in [1.165, 1.54) is 17.4 Å². The number of halogens is 1. The number of carbonyl (C=O) groups is 2. The molecule has 2 aromatic rings. The molecule has 0 spiro atoms. The van der Waals surface area contributed by atoms with E-state index in [2.05, 4.69) is 4.90 Å². The van der Waals surface area contributed by atoms with Crippen molar-refractivity contribution in [2.24, 2.45) is 0 Å².